The van der Waals surface area contributed by atoms with Crippen LogP contribution >= 0.6 is 11.6 Å². The van der Waals surface area contributed by atoms with Crippen LogP contribution in [0.4, 0.5) is 27.6 Å². The van der Waals surface area contributed by atoms with Crippen molar-refractivity contribution < 1.29 is 26.7 Å². The van der Waals surface area contributed by atoms with Gasteiger partial charge in [-0.05, 0) is 36.3 Å². The number of carbonyl (C=O) groups excluding carboxylic acids is 1. The van der Waals surface area contributed by atoms with Gasteiger partial charge in [0.05, 0.1) is 34.9 Å². The first kappa shape index (κ1) is 23.8. The fourth-order valence-corrected chi connectivity index (χ4v) is 3.36. The minimum absolute atomic E-state index is 0.0575. The molecule has 4 rings (SSSR count). The Kier molecular flexibility index (Phi) is 6.19. The Bertz CT molecular complexity index is 1480. The molecule has 1 N–H and O–H groups in total. The molecule has 4 aromatic rings. The summed E-state index contributed by atoms with van der Waals surface area (Å²) in [5.74, 6) is -1.29. The van der Waals surface area contributed by atoms with Gasteiger partial charge in [0, 0.05) is 11.1 Å². The van der Waals surface area contributed by atoms with Crippen LogP contribution in [-0.2, 0) is 6.18 Å². The predicted molar refractivity (Wildman–Crippen MR) is 115 cm³/mol. The summed E-state index contributed by atoms with van der Waals surface area (Å²) in [4.78, 5) is 20.6. The normalized spacial score (nSPS) is 11.2. The van der Waals surface area contributed by atoms with E-state index in [1.54, 1.807) is 0 Å². The fourth-order valence-electron chi connectivity index (χ4n) is 3.11. The van der Waals surface area contributed by atoms with E-state index in [1.807, 2.05) is 0 Å². The van der Waals surface area contributed by atoms with Crippen LogP contribution < -0.4 is 5.32 Å². The van der Waals surface area contributed by atoms with Crippen LogP contribution in [-0.4, -0.2) is 30.9 Å². The molecule has 0 spiro atoms. The number of terminal acetylenes is 1. The average molecular weight is 505 g/mol. The number of benzene rings is 1. The lowest BCUT2D eigenvalue weighted by Crippen LogP contribution is -2.17. The van der Waals surface area contributed by atoms with E-state index in [-0.39, 0.29) is 33.1 Å². The molecule has 0 radical (unpaired) electrons. The lowest BCUT2D eigenvalue weighted by atomic mass is 10.0. The molecule has 3 heterocycles. The summed E-state index contributed by atoms with van der Waals surface area (Å²) in [6, 6.07) is 4.65. The topological polar surface area (TPSA) is 85.6 Å². The first-order chi connectivity index (χ1) is 16.6. The highest BCUT2D eigenvalue weighted by Gasteiger charge is 2.36. The minimum atomic E-state index is -4.85. The number of halogens is 6. The Labute approximate surface area is 198 Å². The number of rotatable bonds is 4. The van der Waals surface area contributed by atoms with E-state index in [1.165, 1.54) is 18.5 Å². The van der Waals surface area contributed by atoms with Crippen LogP contribution in [0.1, 0.15) is 21.6 Å². The zero-order valence-corrected chi connectivity index (χ0v) is 17.9. The van der Waals surface area contributed by atoms with E-state index in [2.05, 4.69) is 31.4 Å². The zero-order chi connectivity index (χ0) is 25.3. The van der Waals surface area contributed by atoms with E-state index in [4.69, 9.17) is 18.0 Å². The van der Waals surface area contributed by atoms with E-state index >= 15 is 0 Å². The van der Waals surface area contributed by atoms with Gasteiger partial charge in [-0.15, -0.1) is 11.2 Å². The second-order valence-electron chi connectivity index (χ2n) is 6.85. The molecule has 0 fully saturated rings. The van der Waals surface area contributed by atoms with E-state index in [0.29, 0.717) is 10.9 Å². The molecule has 0 aliphatic carbocycles. The SMILES string of the molecule is C#Cc1nc(F)ccc1-c1cc(Cl)c(C(=O)Nc2cnc(-n3nccn3)c(C(F)(F)F)c2)cc1F. The Balaban J connectivity index is 1.67. The Morgan fingerprint density at radius 3 is 2.46 bits per heavy atom. The number of nitrogens with one attached hydrogen (secondary N) is 1. The van der Waals surface area contributed by atoms with Gasteiger partial charge in [0.1, 0.15) is 17.1 Å². The molecule has 0 saturated carbocycles. The van der Waals surface area contributed by atoms with Crippen LogP contribution in [0.15, 0.2) is 48.9 Å². The minimum Gasteiger partial charge on any atom is -0.321 e. The average Bonchev–Trinajstić information content (AvgIpc) is 3.34. The number of carbonyl (C=O) groups is 1. The third-order valence-corrected chi connectivity index (χ3v) is 4.94. The Morgan fingerprint density at radius 2 is 1.80 bits per heavy atom. The highest BCUT2D eigenvalue weighted by molar-refractivity contribution is 6.34. The quantitative estimate of drug-likeness (QED) is 0.242. The first-order valence-electron chi connectivity index (χ1n) is 9.46. The summed E-state index contributed by atoms with van der Waals surface area (Å²) >= 11 is 6.15. The van der Waals surface area contributed by atoms with Crippen molar-refractivity contribution in [2.75, 3.05) is 5.32 Å². The summed E-state index contributed by atoms with van der Waals surface area (Å²) in [5, 5.41) is 9.22. The van der Waals surface area contributed by atoms with Crippen LogP contribution in [0, 0.1) is 24.1 Å². The second kappa shape index (κ2) is 9.11. The van der Waals surface area contributed by atoms with E-state index < -0.39 is 35.2 Å². The number of nitrogens with zero attached hydrogens (tertiary/aromatic N) is 5. The second-order valence-corrected chi connectivity index (χ2v) is 7.26. The van der Waals surface area contributed by atoms with Gasteiger partial charge in [0.2, 0.25) is 5.95 Å². The highest BCUT2D eigenvalue weighted by Crippen LogP contribution is 2.35. The maximum absolute atomic E-state index is 14.9. The summed E-state index contributed by atoms with van der Waals surface area (Å²) < 4.78 is 68.9. The van der Waals surface area contributed by atoms with Crippen molar-refractivity contribution in [1.29, 1.82) is 0 Å². The molecule has 0 bridgehead atoms. The molecule has 3 aromatic heterocycles. The molecular weight excluding hydrogens is 495 g/mol. The number of alkyl halides is 3. The van der Waals surface area contributed by atoms with Gasteiger partial charge in [-0.25, -0.2) is 14.4 Å². The maximum atomic E-state index is 14.9. The van der Waals surface area contributed by atoms with Crippen molar-refractivity contribution >= 4 is 23.2 Å². The summed E-state index contributed by atoms with van der Waals surface area (Å²) in [6.07, 6.45) is 3.75. The molecule has 0 aliphatic heterocycles. The summed E-state index contributed by atoms with van der Waals surface area (Å²) in [7, 11) is 0. The van der Waals surface area contributed by atoms with Crippen LogP contribution in [0.2, 0.25) is 5.02 Å². The van der Waals surface area contributed by atoms with Gasteiger partial charge in [0.15, 0.2) is 5.82 Å². The highest BCUT2D eigenvalue weighted by atomic mass is 35.5. The van der Waals surface area contributed by atoms with Gasteiger partial charge in [-0.3, -0.25) is 4.79 Å². The number of anilines is 1. The molecule has 1 aromatic carbocycles. The molecule has 7 nitrogen and oxygen atoms in total. The van der Waals surface area contributed by atoms with E-state index in [0.717, 1.165) is 24.4 Å². The molecule has 0 saturated heterocycles. The third kappa shape index (κ3) is 4.80. The molecule has 0 aliphatic rings. The summed E-state index contributed by atoms with van der Waals surface area (Å²) in [5.41, 5.74) is -2.21. The van der Waals surface area contributed by atoms with Crippen molar-refractivity contribution in [3.05, 3.63) is 82.5 Å². The predicted octanol–water partition coefficient (Wildman–Crippen LogP) is 4.91. The van der Waals surface area contributed by atoms with Gasteiger partial charge < -0.3 is 5.32 Å². The van der Waals surface area contributed by atoms with Gasteiger partial charge in [-0.1, -0.05) is 11.6 Å². The number of aromatic nitrogens is 5. The first-order valence-corrected chi connectivity index (χ1v) is 9.84. The van der Waals surface area contributed by atoms with Gasteiger partial charge >= 0.3 is 6.18 Å². The monoisotopic (exact) mass is 504 g/mol. The van der Waals surface area contributed by atoms with Crippen molar-refractivity contribution in [1.82, 2.24) is 25.0 Å². The van der Waals surface area contributed by atoms with Crippen LogP contribution in [0.3, 0.4) is 0 Å². The lowest BCUT2D eigenvalue weighted by molar-refractivity contribution is -0.137. The number of amides is 1. The third-order valence-electron chi connectivity index (χ3n) is 4.63. The van der Waals surface area contributed by atoms with Crippen molar-refractivity contribution in [3.8, 4) is 29.3 Å². The maximum Gasteiger partial charge on any atom is 0.420 e. The summed E-state index contributed by atoms with van der Waals surface area (Å²) in [6.45, 7) is 0. The number of hydrogen-bond acceptors (Lipinski definition) is 5. The standard InChI is InChI=1S/C22H10ClF5N6O/c1-2-18-12(3-4-19(25)33-18)13-8-16(23)14(9-17(13)24)21(35)32-11-7-15(22(26,27)28)20(29-10-11)34-30-5-6-31-34/h1,3-10H,(H,32,35). The number of pyridine rings is 2. The Hall–Kier alpha value is -4.37. The molecule has 0 atom stereocenters. The molecular formula is C22H10ClF5N6O. The van der Waals surface area contributed by atoms with Crippen molar-refractivity contribution in [3.63, 3.8) is 0 Å². The van der Waals surface area contributed by atoms with E-state index in [9.17, 15) is 26.7 Å². The van der Waals surface area contributed by atoms with Crippen LogP contribution in [0.5, 0.6) is 0 Å². The van der Waals surface area contributed by atoms with Gasteiger partial charge in [0.25, 0.3) is 5.91 Å². The van der Waals surface area contributed by atoms with Gasteiger partial charge in [-0.2, -0.15) is 27.8 Å². The lowest BCUT2D eigenvalue weighted by Gasteiger charge is -2.14. The molecule has 176 valence electrons. The molecule has 1 amide bonds. The smallest absolute Gasteiger partial charge is 0.321 e. The molecule has 35 heavy (non-hydrogen) atoms. The largest absolute Gasteiger partial charge is 0.420 e. The number of hydrogen-bond donors (Lipinski definition) is 1. The van der Waals surface area contributed by atoms with Crippen molar-refractivity contribution in [2.45, 2.75) is 6.18 Å². The van der Waals surface area contributed by atoms with Crippen molar-refractivity contribution in [2.24, 2.45) is 0 Å². The Morgan fingerprint density at radius 1 is 1.09 bits per heavy atom. The molecule has 0 unspecified atom stereocenters. The fraction of sp³-hybridized carbons (Fsp3) is 0.0455. The zero-order valence-electron chi connectivity index (χ0n) is 17.1. The van der Waals surface area contributed by atoms with Crippen LogP contribution in [0.25, 0.3) is 16.9 Å². The molecule has 13 heteroatoms.